The first-order valence-electron chi connectivity index (χ1n) is 13.4. The number of aliphatic carboxylic acids is 1. The van der Waals surface area contributed by atoms with Crippen LogP contribution in [0.1, 0.15) is 54.1 Å². The number of aryl methyl sites for hydroxylation is 2. The summed E-state index contributed by atoms with van der Waals surface area (Å²) in [6.07, 6.45) is 2.99. The van der Waals surface area contributed by atoms with Crippen molar-refractivity contribution in [3.63, 3.8) is 0 Å². The molecule has 0 aliphatic heterocycles. The summed E-state index contributed by atoms with van der Waals surface area (Å²) in [5.74, 6) is 0.453. The topological polar surface area (TPSA) is 101 Å². The molecule has 0 aliphatic carbocycles. The van der Waals surface area contributed by atoms with E-state index in [0.29, 0.717) is 12.2 Å². The highest BCUT2D eigenvalue weighted by atomic mass is 16.5. The molecular weight excluding hydrogens is 492 g/mol. The van der Waals surface area contributed by atoms with E-state index in [1.165, 1.54) is 0 Å². The van der Waals surface area contributed by atoms with Crippen molar-refractivity contribution >= 4 is 28.5 Å². The Morgan fingerprint density at radius 2 is 1.72 bits per heavy atom. The van der Waals surface area contributed by atoms with Gasteiger partial charge in [-0.3, -0.25) is 9.59 Å². The SMILES string of the molecule is CCCCC(COc1cc(C)c(-c2cc3ccccc3o2)c(C)c1)Nc1ccc(C(=O)NCCC(=O)O)cc1. The van der Waals surface area contributed by atoms with Crippen LogP contribution in [-0.2, 0) is 4.79 Å². The molecule has 4 aromatic rings. The van der Waals surface area contributed by atoms with Crippen molar-refractivity contribution in [2.24, 2.45) is 0 Å². The van der Waals surface area contributed by atoms with Gasteiger partial charge in [0.1, 0.15) is 23.7 Å². The molecule has 7 heteroatoms. The zero-order valence-corrected chi connectivity index (χ0v) is 22.8. The number of carboxylic acids is 1. The number of unbranched alkanes of at least 4 members (excludes halogenated alkanes) is 1. The predicted octanol–water partition coefficient (Wildman–Crippen LogP) is 6.97. The first kappa shape index (κ1) is 27.8. The van der Waals surface area contributed by atoms with E-state index >= 15 is 0 Å². The zero-order chi connectivity index (χ0) is 27.8. The Kier molecular flexibility index (Phi) is 9.26. The molecular formula is C32H36N2O5. The maximum atomic E-state index is 12.2. The molecule has 1 atom stereocenters. The van der Waals surface area contributed by atoms with Gasteiger partial charge >= 0.3 is 5.97 Å². The van der Waals surface area contributed by atoms with Gasteiger partial charge in [-0.25, -0.2) is 0 Å². The summed E-state index contributed by atoms with van der Waals surface area (Å²) in [5, 5.41) is 16.0. The van der Waals surface area contributed by atoms with Gasteiger partial charge in [-0.1, -0.05) is 38.0 Å². The molecule has 0 fully saturated rings. The van der Waals surface area contributed by atoms with Crippen LogP contribution in [0.25, 0.3) is 22.3 Å². The van der Waals surface area contributed by atoms with Crippen molar-refractivity contribution in [3.05, 3.63) is 83.4 Å². The summed E-state index contributed by atoms with van der Waals surface area (Å²) in [7, 11) is 0. The maximum absolute atomic E-state index is 12.2. The number of hydrogen-bond donors (Lipinski definition) is 3. The van der Waals surface area contributed by atoms with Crippen molar-refractivity contribution < 1.29 is 23.8 Å². The van der Waals surface area contributed by atoms with Gasteiger partial charge in [-0.2, -0.15) is 0 Å². The molecule has 7 nitrogen and oxygen atoms in total. The first-order valence-corrected chi connectivity index (χ1v) is 13.4. The lowest BCUT2D eigenvalue weighted by atomic mass is 10.00. The Labute approximate surface area is 229 Å². The molecule has 1 heterocycles. The standard InChI is InChI=1S/C32H36N2O5/c1-4-5-9-26(34-25-13-11-23(12-14-25)32(37)33-16-15-30(35)36)20-38-27-17-21(2)31(22(3)18-27)29-19-24-8-6-7-10-28(24)39-29/h6-8,10-14,17-19,26,34H,4-5,9,15-16,20H2,1-3H3,(H,33,37)(H,35,36). The predicted molar refractivity (Wildman–Crippen MR) is 155 cm³/mol. The van der Waals surface area contributed by atoms with E-state index in [4.69, 9.17) is 14.3 Å². The summed E-state index contributed by atoms with van der Waals surface area (Å²) < 4.78 is 12.4. The van der Waals surface area contributed by atoms with Crippen LogP contribution in [0.3, 0.4) is 0 Å². The van der Waals surface area contributed by atoms with Crippen molar-refractivity contribution in [3.8, 4) is 17.1 Å². The van der Waals surface area contributed by atoms with E-state index in [0.717, 1.165) is 64.1 Å². The van der Waals surface area contributed by atoms with Crippen LogP contribution in [-0.4, -0.2) is 36.2 Å². The number of furan rings is 1. The number of ether oxygens (including phenoxy) is 1. The second-order valence-corrected chi connectivity index (χ2v) is 9.85. The lowest BCUT2D eigenvalue weighted by Crippen LogP contribution is -2.27. The fourth-order valence-corrected chi connectivity index (χ4v) is 4.68. The quantitative estimate of drug-likeness (QED) is 0.173. The maximum Gasteiger partial charge on any atom is 0.305 e. The number of amides is 1. The Bertz CT molecular complexity index is 1370. The van der Waals surface area contributed by atoms with Crippen LogP contribution in [0.4, 0.5) is 5.69 Å². The molecule has 39 heavy (non-hydrogen) atoms. The number of hydrogen-bond acceptors (Lipinski definition) is 5. The molecule has 0 saturated heterocycles. The minimum Gasteiger partial charge on any atom is -0.491 e. The number of carbonyl (C=O) groups is 2. The summed E-state index contributed by atoms with van der Waals surface area (Å²) in [6.45, 7) is 6.92. The molecule has 3 aromatic carbocycles. The van der Waals surface area contributed by atoms with Gasteiger partial charge in [0.15, 0.2) is 0 Å². The van der Waals surface area contributed by atoms with E-state index in [1.54, 1.807) is 12.1 Å². The molecule has 204 valence electrons. The number of benzene rings is 3. The zero-order valence-electron chi connectivity index (χ0n) is 22.8. The number of carbonyl (C=O) groups excluding carboxylic acids is 1. The smallest absolute Gasteiger partial charge is 0.305 e. The Balaban J connectivity index is 1.40. The van der Waals surface area contributed by atoms with Crippen LogP contribution >= 0.6 is 0 Å². The molecule has 1 amide bonds. The molecule has 4 rings (SSSR count). The van der Waals surface area contributed by atoms with Gasteiger partial charge in [-0.05, 0) is 79.9 Å². The van der Waals surface area contributed by atoms with E-state index in [2.05, 4.69) is 55.7 Å². The van der Waals surface area contributed by atoms with Crippen LogP contribution in [0.2, 0.25) is 0 Å². The second-order valence-electron chi connectivity index (χ2n) is 9.85. The minimum absolute atomic E-state index is 0.0934. The van der Waals surface area contributed by atoms with Gasteiger partial charge in [0.2, 0.25) is 0 Å². The van der Waals surface area contributed by atoms with Crippen molar-refractivity contribution in [2.45, 2.75) is 52.5 Å². The number of para-hydroxylation sites is 1. The Hall–Kier alpha value is -4.26. The number of fused-ring (bicyclic) bond motifs is 1. The highest BCUT2D eigenvalue weighted by molar-refractivity contribution is 5.94. The Morgan fingerprint density at radius 1 is 1.00 bits per heavy atom. The lowest BCUT2D eigenvalue weighted by Gasteiger charge is -2.21. The third-order valence-electron chi connectivity index (χ3n) is 6.68. The number of nitrogens with one attached hydrogen (secondary N) is 2. The summed E-state index contributed by atoms with van der Waals surface area (Å²) in [6, 6.07) is 21.5. The first-order chi connectivity index (χ1) is 18.8. The largest absolute Gasteiger partial charge is 0.491 e. The molecule has 0 bridgehead atoms. The molecule has 0 saturated carbocycles. The van der Waals surface area contributed by atoms with E-state index in [9.17, 15) is 9.59 Å². The summed E-state index contributed by atoms with van der Waals surface area (Å²) >= 11 is 0. The van der Waals surface area contributed by atoms with E-state index < -0.39 is 5.97 Å². The average molecular weight is 529 g/mol. The molecule has 3 N–H and O–H groups in total. The van der Waals surface area contributed by atoms with Gasteiger partial charge in [0.05, 0.1) is 12.5 Å². The molecule has 0 spiro atoms. The van der Waals surface area contributed by atoms with Gasteiger partial charge in [0, 0.05) is 28.7 Å². The normalized spacial score (nSPS) is 11.8. The number of anilines is 1. The van der Waals surface area contributed by atoms with E-state index in [1.807, 2.05) is 30.3 Å². The van der Waals surface area contributed by atoms with Crippen LogP contribution in [0.5, 0.6) is 5.75 Å². The van der Waals surface area contributed by atoms with Crippen molar-refractivity contribution in [2.75, 3.05) is 18.5 Å². The average Bonchev–Trinajstić information content (AvgIpc) is 3.33. The second kappa shape index (κ2) is 13.0. The molecule has 1 aromatic heterocycles. The van der Waals surface area contributed by atoms with Crippen molar-refractivity contribution in [1.29, 1.82) is 0 Å². The Morgan fingerprint density at radius 3 is 2.38 bits per heavy atom. The lowest BCUT2D eigenvalue weighted by molar-refractivity contribution is -0.136. The molecule has 0 aliphatic rings. The van der Waals surface area contributed by atoms with E-state index in [-0.39, 0.29) is 24.9 Å². The molecule has 0 radical (unpaired) electrons. The van der Waals surface area contributed by atoms with Crippen molar-refractivity contribution in [1.82, 2.24) is 5.32 Å². The molecule has 1 unspecified atom stereocenters. The van der Waals surface area contributed by atoms with Gasteiger partial charge < -0.3 is 24.9 Å². The number of rotatable bonds is 13. The third-order valence-corrected chi connectivity index (χ3v) is 6.68. The van der Waals surface area contributed by atoms with Crippen LogP contribution in [0.15, 0.2) is 71.1 Å². The summed E-state index contributed by atoms with van der Waals surface area (Å²) in [5.41, 5.74) is 5.55. The van der Waals surface area contributed by atoms with Crippen LogP contribution in [0, 0.1) is 13.8 Å². The highest BCUT2D eigenvalue weighted by Crippen LogP contribution is 2.34. The monoisotopic (exact) mass is 528 g/mol. The van der Waals surface area contributed by atoms with Crippen LogP contribution < -0.4 is 15.4 Å². The minimum atomic E-state index is -0.942. The fourth-order valence-electron chi connectivity index (χ4n) is 4.68. The van der Waals surface area contributed by atoms with Gasteiger partial charge in [0.25, 0.3) is 5.91 Å². The third kappa shape index (κ3) is 7.41. The highest BCUT2D eigenvalue weighted by Gasteiger charge is 2.15. The number of carboxylic acid groups (broad SMARTS) is 1. The fraction of sp³-hybridized carbons (Fsp3) is 0.312. The van der Waals surface area contributed by atoms with Gasteiger partial charge in [-0.15, -0.1) is 0 Å². The summed E-state index contributed by atoms with van der Waals surface area (Å²) in [4.78, 5) is 22.9.